The fourth-order valence-electron chi connectivity index (χ4n) is 2.51. The molecule has 0 saturated heterocycles. The number of nitrogens with one attached hydrogen (secondary N) is 2. The molecule has 118 valence electrons. The lowest BCUT2D eigenvalue weighted by Crippen LogP contribution is -2.38. The van der Waals surface area contributed by atoms with Gasteiger partial charge in [-0.15, -0.1) is 0 Å². The molecule has 5 heteroatoms. The number of hydrogen-bond donors (Lipinski definition) is 2. The fourth-order valence-corrected chi connectivity index (χ4v) is 2.51. The lowest BCUT2D eigenvalue weighted by molar-refractivity contribution is 0.684. The SMILES string of the molecule is CN=C(NCCc1cc(C)cc(C)c1)NCc1ccnn1C. The van der Waals surface area contributed by atoms with Crippen molar-refractivity contribution in [3.8, 4) is 0 Å². The molecule has 0 aliphatic rings. The molecule has 1 aromatic carbocycles. The molecule has 0 aliphatic heterocycles. The lowest BCUT2D eigenvalue weighted by atomic mass is 10.1. The van der Waals surface area contributed by atoms with Gasteiger partial charge in [-0.05, 0) is 31.9 Å². The molecule has 0 fully saturated rings. The molecule has 2 rings (SSSR count). The minimum Gasteiger partial charge on any atom is -0.356 e. The molecule has 5 nitrogen and oxygen atoms in total. The molecule has 0 atom stereocenters. The number of aromatic nitrogens is 2. The van der Waals surface area contributed by atoms with Crippen molar-refractivity contribution in [1.82, 2.24) is 20.4 Å². The van der Waals surface area contributed by atoms with E-state index >= 15 is 0 Å². The predicted molar refractivity (Wildman–Crippen MR) is 91.0 cm³/mol. The van der Waals surface area contributed by atoms with Crippen molar-refractivity contribution < 1.29 is 0 Å². The van der Waals surface area contributed by atoms with Gasteiger partial charge in [-0.2, -0.15) is 5.10 Å². The van der Waals surface area contributed by atoms with Crippen molar-refractivity contribution in [3.05, 3.63) is 52.8 Å². The highest BCUT2D eigenvalue weighted by molar-refractivity contribution is 5.79. The van der Waals surface area contributed by atoms with Crippen molar-refractivity contribution in [2.75, 3.05) is 13.6 Å². The summed E-state index contributed by atoms with van der Waals surface area (Å²) in [6, 6.07) is 8.67. The van der Waals surface area contributed by atoms with Crippen LogP contribution in [0.25, 0.3) is 0 Å². The highest BCUT2D eigenvalue weighted by Gasteiger charge is 2.02. The topological polar surface area (TPSA) is 54.2 Å². The van der Waals surface area contributed by atoms with E-state index in [0.29, 0.717) is 6.54 Å². The van der Waals surface area contributed by atoms with Crippen LogP contribution in [-0.4, -0.2) is 29.3 Å². The Morgan fingerprint density at radius 1 is 1.18 bits per heavy atom. The molecule has 1 heterocycles. The minimum atomic E-state index is 0.708. The summed E-state index contributed by atoms with van der Waals surface area (Å²) in [7, 11) is 3.72. The van der Waals surface area contributed by atoms with Crippen LogP contribution in [0.1, 0.15) is 22.4 Å². The van der Waals surface area contributed by atoms with Crippen molar-refractivity contribution >= 4 is 5.96 Å². The lowest BCUT2D eigenvalue weighted by Gasteiger charge is -2.12. The normalized spacial score (nSPS) is 11.5. The van der Waals surface area contributed by atoms with E-state index in [1.165, 1.54) is 16.7 Å². The molecule has 0 radical (unpaired) electrons. The van der Waals surface area contributed by atoms with Gasteiger partial charge in [0.2, 0.25) is 0 Å². The molecule has 2 aromatic rings. The Morgan fingerprint density at radius 3 is 2.50 bits per heavy atom. The Balaban J connectivity index is 1.80. The van der Waals surface area contributed by atoms with E-state index in [2.05, 4.69) is 52.8 Å². The second kappa shape index (κ2) is 7.64. The fraction of sp³-hybridized carbons (Fsp3) is 0.412. The molecule has 0 spiro atoms. The first-order valence-electron chi connectivity index (χ1n) is 7.57. The summed E-state index contributed by atoms with van der Waals surface area (Å²) in [5.74, 6) is 0.811. The Labute approximate surface area is 132 Å². The van der Waals surface area contributed by atoms with E-state index in [1.54, 1.807) is 13.2 Å². The summed E-state index contributed by atoms with van der Waals surface area (Å²) < 4.78 is 1.86. The minimum absolute atomic E-state index is 0.708. The van der Waals surface area contributed by atoms with Gasteiger partial charge in [-0.3, -0.25) is 9.67 Å². The third-order valence-corrected chi connectivity index (χ3v) is 3.57. The highest BCUT2D eigenvalue weighted by Crippen LogP contribution is 2.08. The van der Waals surface area contributed by atoms with Gasteiger partial charge in [-0.1, -0.05) is 29.3 Å². The van der Waals surface area contributed by atoms with Crippen LogP contribution in [0.3, 0.4) is 0 Å². The van der Waals surface area contributed by atoms with Gasteiger partial charge in [-0.25, -0.2) is 0 Å². The summed E-state index contributed by atoms with van der Waals surface area (Å²) in [5.41, 5.74) is 5.10. The van der Waals surface area contributed by atoms with Gasteiger partial charge in [0.05, 0.1) is 12.2 Å². The molecule has 0 amide bonds. The number of rotatable bonds is 5. The molecule has 0 unspecified atom stereocenters. The van der Waals surface area contributed by atoms with Crippen molar-refractivity contribution in [2.45, 2.75) is 26.8 Å². The summed E-state index contributed by atoms with van der Waals surface area (Å²) >= 11 is 0. The Bertz CT molecular complexity index is 622. The second-order valence-corrected chi connectivity index (χ2v) is 5.54. The van der Waals surface area contributed by atoms with E-state index < -0.39 is 0 Å². The second-order valence-electron chi connectivity index (χ2n) is 5.54. The first-order chi connectivity index (χ1) is 10.6. The number of aliphatic imine (C=N–C) groups is 1. The molecule has 0 aliphatic carbocycles. The van der Waals surface area contributed by atoms with Gasteiger partial charge >= 0.3 is 0 Å². The summed E-state index contributed by atoms with van der Waals surface area (Å²) in [6.07, 6.45) is 2.78. The number of guanidine groups is 1. The van der Waals surface area contributed by atoms with Crippen LogP contribution in [0.2, 0.25) is 0 Å². The molecular weight excluding hydrogens is 274 g/mol. The number of nitrogens with zero attached hydrogens (tertiary/aromatic N) is 3. The van der Waals surface area contributed by atoms with Gasteiger partial charge in [0.15, 0.2) is 5.96 Å². The summed E-state index contributed by atoms with van der Waals surface area (Å²) in [5, 5.41) is 10.8. The van der Waals surface area contributed by atoms with Crippen LogP contribution in [-0.2, 0) is 20.0 Å². The van der Waals surface area contributed by atoms with Gasteiger partial charge < -0.3 is 10.6 Å². The zero-order chi connectivity index (χ0) is 15.9. The van der Waals surface area contributed by atoms with Crippen LogP contribution in [0.5, 0.6) is 0 Å². The highest BCUT2D eigenvalue weighted by atomic mass is 15.3. The van der Waals surface area contributed by atoms with Gasteiger partial charge in [0, 0.05) is 26.8 Å². The maximum Gasteiger partial charge on any atom is 0.191 e. The zero-order valence-electron chi connectivity index (χ0n) is 13.8. The largest absolute Gasteiger partial charge is 0.356 e. The van der Waals surface area contributed by atoms with E-state index in [1.807, 2.05) is 17.8 Å². The maximum atomic E-state index is 4.25. The quantitative estimate of drug-likeness (QED) is 0.655. The van der Waals surface area contributed by atoms with Crippen molar-refractivity contribution in [3.63, 3.8) is 0 Å². The Morgan fingerprint density at radius 2 is 1.91 bits per heavy atom. The average molecular weight is 299 g/mol. The molecular formula is C17H25N5. The maximum absolute atomic E-state index is 4.25. The molecule has 2 N–H and O–H groups in total. The molecule has 22 heavy (non-hydrogen) atoms. The van der Waals surface area contributed by atoms with Crippen LogP contribution in [0.4, 0.5) is 0 Å². The van der Waals surface area contributed by atoms with E-state index in [9.17, 15) is 0 Å². The third kappa shape index (κ3) is 4.62. The Kier molecular flexibility index (Phi) is 5.58. The number of aryl methyl sites for hydroxylation is 3. The van der Waals surface area contributed by atoms with Crippen molar-refractivity contribution in [1.29, 1.82) is 0 Å². The van der Waals surface area contributed by atoms with Crippen LogP contribution in [0, 0.1) is 13.8 Å². The monoisotopic (exact) mass is 299 g/mol. The van der Waals surface area contributed by atoms with Crippen molar-refractivity contribution in [2.24, 2.45) is 12.0 Å². The molecule has 1 aromatic heterocycles. The van der Waals surface area contributed by atoms with E-state index in [4.69, 9.17) is 0 Å². The molecule has 0 saturated carbocycles. The smallest absolute Gasteiger partial charge is 0.191 e. The van der Waals surface area contributed by atoms with Gasteiger partial charge in [0.1, 0.15) is 0 Å². The summed E-state index contributed by atoms with van der Waals surface area (Å²) in [4.78, 5) is 4.25. The first-order valence-corrected chi connectivity index (χ1v) is 7.57. The third-order valence-electron chi connectivity index (χ3n) is 3.57. The van der Waals surface area contributed by atoms with Crippen LogP contribution < -0.4 is 10.6 Å². The molecule has 0 bridgehead atoms. The average Bonchev–Trinajstić information content (AvgIpc) is 2.87. The zero-order valence-corrected chi connectivity index (χ0v) is 13.8. The Hall–Kier alpha value is -2.30. The standard InChI is InChI=1S/C17H25N5/c1-13-9-14(2)11-15(10-13)5-7-19-17(18-3)20-12-16-6-8-21-22(16)4/h6,8-11H,5,7,12H2,1-4H3,(H2,18,19,20). The van der Waals surface area contributed by atoms with E-state index in [-0.39, 0.29) is 0 Å². The number of benzene rings is 1. The van der Waals surface area contributed by atoms with Crippen LogP contribution >= 0.6 is 0 Å². The van der Waals surface area contributed by atoms with Crippen LogP contribution in [0.15, 0.2) is 35.5 Å². The number of hydrogen-bond acceptors (Lipinski definition) is 2. The van der Waals surface area contributed by atoms with Gasteiger partial charge in [0.25, 0.3) is 0 Å². The first kappa shape index (κ1) is 16.1. The predicted octanol–water partition coefficient (Wildman–Crippen LogP) is 1.94. The van der Waals surface area contributed by atoms with E-state index in [0.717, 1.165) is 24.6 Å². The summed E-state index contributed by atoms with van der Waals surface area (Å²) in [6.45, 7) is 5.84.